The second kappa shape index (κ2) is 7.00. The second-order valence-corrected chi connectivity index (χ2v) is 8.60. The maximum Gasteiger partial charge on any atom is 0.416 e. The molecule has 5 nitrogen and oxygen atoms in total. The number of nitrogens with one attached hydrogen (secondary N) is 1. The predicted octanol–water partition coefficient (Wildman–Crippen LogP) is 3.32. The average molecular weight is 367 g/mol. The molecule has 0 heterocycles. The Morgan fingerprint density at radius 2 is 1.83 bits per heavy atom. The van der Waals surface area contributed by atoms with Crippen LogP contribution in [0, 0.1) is 0 Å². The van der Waals surface area contributed by atoms with E-state index in [1.807, 2.05) is 0 Å². The molecular weight excluding hydrogens is 347 g/mol. The van der Waals surface area contributed by atoms with Crippen LogP contribution in [-0.4, -0.2) is 32.1 Å². The van der Waals surface area contributed by atoms with E-state index in [0.29, 0.717) is 0 Å². The van der Waals surface area contributed by atoms with Gasteiger partial charge in [0, 0.05) is 6.26 Å². The van der Waals surface area contributed by atoms with Crippen molar-refractivity contribution in [3.05, 3.63) is 35.4 Å². The lowest BCUT2D eigenvalue weighted by molar-refractivity contribution is -0.137. The molecule has 0 saturated heterocycles. The summed E-state index contributed by atoms with van der Waals surface area (Å²) in [4.78, 5) is 11.9. The number of benzene rings is 1. The van der Waals surface area contributed by atoms with Gasteiger partial charge in [0.15, 0.2) is 0 Å². The zero-order valence-electron chi connectivity index (χ0n) is 13.8. The van der Waals surface area contributed by atoms with Gasteiger partial charge in [-0.2, -0.15) is 13.2 Å². The monoisotopic (exact) mass is 367 g/mol. The molecule has 1 unspecified atom stereocenters. The molecule has 24 heavy (non-hydrogen) atoms. The first-order chi connectivity index (χ1) is 10.7. The van der Waals surface area contributed by atoms with Gasteiger partial charge in [0.1, 0.15) is 15.4 Å². The van der Waals surface area contributed by atoms with Crippen LogP contribution in [0.3, 0.4) is 0 Å². The Balaban J connectivity index is 3.13. The molecule has 0 radical (unpaired) electrons. The molecule has 136 valence electrons. The van der Waals surface area contributed by atoms with E-state index in [1.165, 1.54) is 6.07 Å². The van der Waals surface area contributed by atoms with Crippen LogP contribution in [0.15, 0.2) is 24.3 Å². The predicted molar refractivity (Wildman–Crippen MR) is 83.3 cm³/mol. The smallest absolute Gasteiger partial charge is 0.416 e. The van der Waals surface area contributed by atoms with Crippen molar-refractivity contribution < 1.29 is 31.1 Å². The molecule has 0 aromatic heterocycles. The van der Waals surface area contributed by atoms with Crippen LogP contribution in [0.25, 0.3) is 0 Å². The summed E-state index contributed by atoms with van der Waals surface area (Å²) in [5.41, 5.74) is -1.72. The summed E-state index contributed by atoms with van der Waals surface area (Å²) in [7, 11) is -3.56. The molecule has 0 bridgehead atoms. The van der Waals surface area contributed by atoms with Crippen molar-refractivity contribution in [2.75, 3.05) is 12.0 Å². The fourth-order valence-electron chi connectivity index (χ4n) is 1.91. The largest absolute Gasteiger partial charge is 0.444 e. The number of hydrogen-bond acceptors (Lipinski definition) is 4. The molecule has 0 aliphatic carbocycles. The maximum atomic E-state index is 12.8. The highest BCUT2D eigenvalue weighted by Crippen LogP contribution is 2.31. The molecule has 0 spiro atoms. The Hall–Kier alpha value is -1.77. The normalized spacial score (nSPS) is 14.1. The van der Waals surface area contributed by atoms with Crippen LogP contribution in [-0.2, 0) is 20.8 Å². The first-order valence-corrected chi connectivity index (χ1v) is 9.08. The molecule has 1 atom stereocenters. The number of carbonyl (C=O) groups excluding carboxylic acids is 1. The Bertz CT molecular complexity index is 693. The van der Waals surface area contributed by atoms with Gasteiger partial charge < -0.3 is 10.1 Å². The van der Waals surface area contributed by atoms with Crippen LogP contribution in [0.1, 0.15) is 37.9 Å². The lowest BCUT2D eigenvalue weighted by Crippen LogP contribution is -2.37. The highest BCUT2D eigenvalue weighted by atomic mass is 32.2. The van der Waals surface area contributed by atoms with Crippen molar-refractivity contribution in [2.45, 2.75) is 38.6 Å². The molecule has 1 N–H and O–H groups in total. The second-order valence-electron chi connectivity index (χ2n) is 6.41. The number of hydrogen-bond donors (Lipinski definition) is 1. The van der Waals surface area contributed by atoms with E-state index in [9.17, 15) is 26.4 Å². The van der Waals surface area contributed by atoms with E-state index in [1.54, 1.807) is 20.8 Å². The molecule has 0 aliphatic heterocycles. The van der Waals surface area contributed by atoms with Crippen LogP contribution in [0.2, 0.25) is 0 Å². The topological polar surface area (TPSA) is 72.5 Å². The van der Waals surface area contributed by atoms with Crippen LogP contribution >= 0.6 is 0 Å². The fraction of sp³-hybridized carbons (Fsp3) is 0.533. The highest BCUT2D eigenvalue weighted by molar-refractivity contribution is 7.90. The van der Waals surface area contributed by atoms with Gasteiger partial charge in [0.2, 0.25) is 0 Å². The van der Waals surface area contributed by atoms with E-state index < -0.39 is 45.1 Å². The van der Waals surface area contributed by atoms with E-state index in [4.69, 9.17) is 4.74 Å². The van der Waals surface area contributed by atoms with Crippen molar-refractivity contribution in [3.63, 3.8) is 0 Å². The first-order valence-electron chi connectivity index (χ1n) is 7.02. The van der Waals surface area contributed by atoms with Crippen molar-refractivity contribution >= 4 is 15.9 Å². The lowest BCUT2D eigenvalue weighted by atomic mass is 10.0. The van der Waals surface area contributed by atoms with E-state index >= 15 is 0 Å². The average Bonchev–Trinajstić information content (AvgIpc) is 2.33. The zero-order valence-corrected chi connectivity index (χ0v) is 14.6. The third-order valence-electron chi connectivity index (χ3n) is 2.78. The molecular formula is C15H20F3NO4S. The highest BCUT2D eigenvalue weighted by Gasteiger charge is 2.32. The number of amides is 1. The minimum absolute atomic E-state index is 0.0288. The number of ether oxygens (including phenoxy) is 1. The number of halogens is 3. The number of carbonyl (C=O) groups is 1. The van der Waals surface area contributed by atoms with Gasteiger partial charge in [-0.1, -0.05) is 12.1 Å². The van der Waals surface area contributed by atoms with Gasteiger partial charge in [-0.15, -0.1) is 0 Å². The summed E-state index contributed by atoms with van der Waals surface area (Å²) >= 11 is 0. The van der Waals surface area contributed by atoms with Gasteiger partial charge in [-0.05, 0) is 38.5 Å². The summed E-state index contributed by atoms with van der Waals surface area (Å²) in [5.74, 6) is -0.548. The fourth-order valence-corrected chi connectivity index (χ4v) is 2.79. The molecule has 0 fully saturated rings. The Morgan fingerprint density at radius 1 is 1.25 bits per heavy atom. The van der Waals surface area contributed by atoms with E-state index in [2.05, 4.69) is 5.32 Å². The molecule has 0 aliphatic rings. The summed E-state index contributed by atoms with van der Waals surface area (Å²) < 4.78 is 66.6. The number of alkyl halides is 3. The van der Waals surface area contributed by atoms with E-state index in [0.717, 1.165) is 24.5 Å². The SMILES string of the molecule is CC(C)(C)OC(=O)NC(CS(C)(=O)=O)c1cccc(C(F)(F)F)c1. The van der Waals surface area contributed by atoms with Gasteiger partial charge in [0.05, 0.1) is 17.4 Å². The number of alkyl carbamates (subject to hydrolysis) is 1. The third-order valence-corrected chi connectivity index (χ3v) is 3.72. The molecule has 9 heteroatoms. The number of sulfone groups is 1. The lowest BCUT2D eigenvalue weighted by Gasteiger charge is -2.24. The first kappa shape index (κ1) is 20.3. The molecule has 1 rings (SSSR count). The quantitative estimate of drug-likeness (QED) is 0.886. The van der Waals surface area contributed by atoms with Gasteiger partial charge in [-0.25, -0.2) is 13.2 Å². The number of rotatable bonds is 4. The Labute approximate surface area is 139 Å². The van der Waals surface area contributed by atoms with Crippen molar-refractivity contribution in [2.24, 2.45) is 0 Å². The van der Waals surface area contributed by atoms with Crippen molar-refractivity contribution in [1.29, 1.82) is 0 Å². The van der Waals surface area contributed by atoms with Gasteiger partial charge in [0.25, 0.3) is 0 Å². The summed E-state index contributed by atoms with van der Waals surface area (Å²) in [5, 5.41) is 2.32. The van der Waals surface area contributed by atoms with Crippen LogP contribution in [0.4, 0.5) is 18.0 Å². The molecule has 1 aromatic carbocycles. The standard InChI is InChI=1S/C15H20F3NO4S/c1-14(2,3)23-13(20)19-12(9-24(4,21)22)10-6-5-7-11(8-10)15(16,17)18/h5-8,12H,9H2,1-4H3,(H,19,20). The van der Waals surface area contributed by atoms with Gasteiger partial charge in [-0.3, -0.25) is 0 Å². The molecule has 1 amide bonds. The summed E-state index contributed by atoms with van der Waals surface area (Å²) in [6.45, 7) is 4.84. The maximum absolute atomic E-state index is 12.8. The zero-order chi connectivity index (χ0) is 18.8. The third kappa shape index (κ3) is 7.20. The Kier molecular flexibility index (Phi) is 5.91. The van der Waals surface area contributed by atoms with Crippen LogP contribution in [0.5, 0.6) is 0 Å². The van der Waals surface area contributed by atoms with Crippen molar-refractivity contribution in [3.8, 4) is 0 Å². The summed E-state index contributed by atoms with van der Waals surface area (Å²) in [6.07, 6.45) is -4.55. The molecule has 0 saturated carbocycles. The van der Waals surface area contributed by atoms with Crippen molar-refractivity contribution in [1.82, 2.24) is 5.32 Å². The van der Waals surface area contributed by atoms with E-state index in [-0.39, 0.29) is 5.56 Å². The minimum atomic E-state index is -4.57. The van der Waals surface area contributed by atoms with Crippen LogP contribution < -0.4 is 5.32 Å². The Morgan fingerprint density at radius 3 is 2.29 bits per heavy atom. The van der Waals surface area contributed by atoms with Gasteiger partial charge >= 0.3 is 12.3 Å². The molecule has 1 aromatic rings. The summed E-state index contributed by atoms with van der Waals surface area (Å²) in [6, 6.07) is 3.01. The minimum Gasteiger partial charge on any atom is -0.444 e.